The van der Waals surface area contributed by atoms with Crippen LogP contribution >= 0.6 is 0 Å². The third kappa shape index (κ3) is 2.62. The van der Waals surface area contributed by atoms with Crippen molar-refractivity contribution in [2.45, 2.75) is 32.2 Å². The lowest BCUT2D eigenvalue weighted by molar-refractivity contribution is -0.121. The van der Waals surface area contributed by atoms with E-state index in [9.17, 15) is 9.59 Å². The number of amides is 1. The van der Waals surface area contributed by atoms with Crippen LogP contribution < -0.4 is 11.3 Å². The Morgan fingerprint density at radius 1 is 1.53 bits per heavy atom. The van der Waals surface area contributed by atoms with Gasteiger partial charge in [-0.25, -0.2) is 4.98 Å². The summed E-state index contributed by atoms with van der Waals surface area (Å²) in [6.45, 7) is 2.02. The summed E-state index contributed by atoms with van der Waals surface area (Å²) in [6.07, 6.45) is 6.71. The van der Waals surface area contributed by atoms with E-state index < -0.39 is 11.9 Å². The van der Waals surface area contributed by atoms with Crippen LogP contribution in [0.3, 0.4) is 0 Å². The van der Waals surface area contributed by atoms with Crippen molar-refractivity contribution >= 4 is 16.8 Å². The van der Waals surface area contributed by atoms with Crippen LogP contribution in [0.1, 0.15) is 32.2 Å². The lowest BCUT2D eigenvalue weighted by atomic mass is 10.1. The van der Waals surface area contributed by atoms with Gasteiger partial charge in [-0.05, 0) is 12.5 Å². The van der Waals surface area contributed by atoms with Crippen molar-refractivity contribution in [1.29, 1.82) is 0 Å². The number of fused-ring (bicyclic) bond motifs is 1. The Morgan fingerprint density at radius 3 is 3.00 bits per heavy atom. The maximum Gasteiger partial charge on any atom is 0.263 e. The molecule has 1 atom stereocenters. The summed E-state index contributed by atoms with van der Waals surface area (Å²) in [5, 5.41) is 0.396. The van der Waals surface area contributed by atoms with Crippen molar-refractivity contribution in [2.24, 2.45) is 5.73 Å². The van der Waals surface area contributed by atoms with E-state index in [2.05, 4.69) is 9.97 Å². The fraction of sp³-hybridized carbons (Fsp3) is 0.385. The van der Waals surface area contributed by atoms with Crippen LogP contribution in [-0.4, -0.2) is 20.4 Å². The number of aromatic nitrogens is 3. The fourth-order valence-electron chi connectivity index (χ4n) is 2.02. The third-order valence-corrected chi connectivity index (χ3v) is 3.08. The van der Waals surface area contributed by atoms with Crippen molar-refractivity contribution < 1.29 is 4.79 Å². The van der Waals surface area contributed by atoms with Gasteiger partial charge in [0.15, 0.2) is 0 Å². The second kappa shape index (κ2) is 5.60. The standard InChI is InChI=1S/C13H16N4O2/c1-2-3-4-11(12(14)18)17-8-16-10-5-6-15-7-9(10)13(17)19/h5-8,11H,2-4H2,1H3,(H2,14,18). The molecule has 1 amide bonds. The molecule has 0 radical (unpaired) electrons. The van der Waals surface area contributed by atoms with E-state index in [0.29, 0.717) is 17.3 Å². The van der Waals surface area contributed by atoms with Gasteiger partial charge in [0.05, 0.1) is 17.2 Å². The van der Waals surface area contributed by atoms with Gasteiger partial charge in [-0.2, -0.15) is 0 Å². The lowest BCUT2D eigenvalue weighted by Gasteiger charge is -2.16. The Kier molecular flexibility index (Phi) is 3.89. The first-order chi connectivity index (χ1) is 9.15. The highest BCUT2D eigenvalue weighted by Crippen LogP contribution is 2.14. The quantitative estimate of drug-likeness (QED) is 0.868. The number of carbonyl (C=O) groups excluding carboxylic acids is 1. The molecular weight excluding hydrogens is 244 g/mol. The Balaban J connectivity index is 2.51. The molecule has 0 saturated carbocycles. The molecule has 0 saturated heterocycles. The van der Waals surface area contributed by atoms with Gasteiger partial charge in [0.2, 0.25) is 5.91 Å². The van der Waals surface area contributed by atoms with E-state index in [1.807, 2.05) is 6.92 Å². The first-order valence-corrected chi connectivity index (χ1v) is 6.25. The van der Waals surface area contributed by atoms with Crippen molar-refractivity contribution in [1.82, 2.24) is 14.5 Å². The zero-order valence-corrected chi connectivity index (χ0v) is 10.7. The van der Waals surface area contributed by atoms with Crippen molar-refractivity contribution in [3.05, 3.63) is 35.1 Å². The molecule has 2 aromatic rings. The average molecular weight is 260 g/mol. The molecule has 6 nitrogen and oxygen atoms in total. The lowest BCUT2D eigenvalue weighted by Crippen LogP contribution is -2.34. The van der Waals surface area contributed by atoms with Gasteiger partial charge < -0.3 is 5.73 Å². The predicted octanol–water partition coefficient (Wildman–Crippen LogP) is 1.01. The molecule has 2 rings (SSSR count). The van der Waals surface area contributed by atoms with Gasteiger partial charge in [0.1, 0.15) is 6.04 Å². The second-order valence-corrected chi connectivity index (χ2v) is 4.41. The average Bonchev–Trinajstić information content (AvgIpc) is 2.41. The van der Waals surface area contributed by atoms with Gasteiger partial charge in [-0.3, -0.25) is 19.1 Å². The van der Waals surface area contributed by atoms with E-state index in [1.54, 1.807) is 12.3 Å². The number of hydrogen-bond acceptors (Lipinski definition) is 4. The summed E-state index contributed by atoms with van der Waals surface area (Å²) in [7, 11) is 0. The number of nitrogens with zero attached hydrogens (tertiary/aromatic N) is 3. The van der Waals surface area contributed by atoms with E-state index in [4.69, 9.17) is 5.73 Å². The van der Waals surface area contributed by atoms with E-state index >= 15 is 0 Å². The monoisotopic (exact) mass is 260 g/mol. The van der Waals surface area contributed by atoms with Gasteiger partial charge in [0.25, 0.3) is 5.56 Å². The zero-order valence-electron chi connectivity index (χ0n) is 10.7. The topological polar surface area (TPSA) is 90.9 Å². The van der Waals surface area contributed by atoms with E-state index in [1.165, 1.54) is 17.1 Å². The maximum absolute atomic E-state index is 12.3. The number of carbonyl (C=O) groups is 1. The van der Waals surface area contributed by atoms with Crippen molar-refractivity contribution in [3.63, 3.8) is 0 Å². The molecule has 1 unspecified atom stereocenters. The van der Waals surface area contributed by atoms with Gasteiger partial charge >= 0.3 is 0 Å². The molecule has 0 aliphatic heterocycles. The minimum Gasteiger partial charge on any atom is -0.368 e. The highest BCUT2D eigenvalue weighted by molar-refractivity contribution is 5.80. The largest absolute Gasteiger partial charge is 0.368 e. The summed E-state index contributed by atoms with van der Waals surface area (Å²) in [5.41, 5.74) is 5.67. The minimum absolute atomic E-state index is 0.280. The van der Waals surface area contributed by atoms with Gasteiger partial charge in [0, 0.05) is 12.4 Å². The number of hydrogen-bond donors (Lipinski definition) is 1. The number of unbranched alkanes of at least 4 members (excludes halogenated alkanes) is 1. The van der Waals surface area contributed by atoms with Gasteiger partial charge in [-0.15, -0.1) is 0 Å². The molecule has 2 aromatic heterocycles. The number of pyridine rings is 1. The number of rotatable bonds is 5. The fourth-order valence-corrected chi connectivity index (χ4v) is 2.02. The van der Waals surface area contributed by atoms with Crippen molar-refractivity contribution in [3.8, 4) is 0 Å². The molecule has 0 aliphatic rings. The molecule has 6 heteroatoms. The van der Waals surface area contributed by atoms with Crippen LogP contribution in [0.4, 0.5) is 0 Å². The zero-order chi connectivity index (χ0) is 13.8. The molecule has 0 aliphatic carbocycles. The molecule has 2 heterocycles. The smallest absolute Gasteiger partial charge is 0.263 e. The molecule has 0 fully saturated rings. The van der Waals surface area contributed by atoms with Crippen LogP contribution in [0.5, 0.6) is 0 Å². The first-order valence-electron chi connectivity index (χ1n) is 6.25. The van der Waals surface area contributed by atoms with Crippen LogP contribution in [0, 0.1) is 0 Å². The van der Waals surface area contributed by atoms with Crippen LogP contribution in [0.25, 0.3) is 10.9 Å². The second-order valence-electron chi connectivity index (χ2n) is 4.41. The third-order valence-electron chi connectivity index (χ3n) is 3.08. The van der Waals surface area contributed by atoms with Crippen LogP contribution in [0.15, 0.2) is 29.6 Å². The van der Waals surface area contributed by atoms with Crippen molar-refractivity contribution in [2.75, 3.05) is 0 Å². The summed E-state index contributed by atoms with van der Waals surface area (Å²) in [4.78, 5) is 31.9. The Labute approximate surface area is 110 Å². The molecule has 100 valence electrons. The Morgan fingerprint density at radius 2 is 2.32 bits per heavy atom. The molecule has 2 N–H and O–H groups in total. The summed E-state index contributed by atoms with van der Waals surface area (Å²) in [5.74, 6) is -0.513. The first kappa shape index (κ1) is 13.2. The number of primary amides is 1. The molecule has 19 heavy (non-hydrogen) atoms. The minimum atomic E-state index is -0.649. The van der Waals surface area contributed by atoms with E-state index in [0.717, 1.165) is 12.8 Å². The summed E-state index contributed by atoms with van der Waals surface area (Å²) in [6, 6.07) is 1.01. The van der Waals surface area contributed by atoms with Crippen LogP contribution in [0.2, 0.25) is 0 Å². The van der Waals surface area contributed by atoms with Gasteiger partial charge in [-0.1, -0.05) is 19.8 Å². The molecular formula is C13H16N4O2. The van der Waals surface area contributed by atoms with E-state index in [-0.39, 0.29) is 5.56 Å². The number of nitrogens with two attached hydrogens (primary N) is 1. The molecule has 0 spiro atoms. The highest BCUT2D eigenvalue weighted by Gasteiger charge is 2.19. The predicted molar refractivity (Wildman–Crippen MR) is 71.6 cm³/mol. The van der Waals surface area contributed by atoms with Crippen LogP contribution in [-0.2, 0) is 4.79 Å². The highest BCUT2D eigenvalue weighted by atomic mass is 16.2. The summed E-state index contributed by atoms with van der Waals surface area (Å²) < 4.78 is 1.31. The maximum atomic E-state index is 12.3. The SMILES string of the molecule is CCCCC(C(N)=O)n1cnc2ccncc2c1=O. The summed E-state index contributed by atoms with van der Waals surface area (Å²) >= 11 is 0. The Hall–Kier alpha value is -2.24. The Bertz CT molecular complexity index is 650. The normalized spacial score (nSPS) is 12.5. The molecule has 0 aromatic carbocycles. The molecule has 0 bridgehead atoms.